The first kappa shape index (κ1) is 14.2. The highest BCUT2D eigenvalue weighted by Crippen LogP contribution is 2.45. The number of likely N-dealkylation sites (N-methyl/N-ethyl adjacent to an activating group) is 1. The van der Waals surface area contributed by atoms with E-state index < -0.39 is 13.5 Å². The van der Waals surface area contributed by atoms with Crippen molar-refractivity contribution in [1.82, 2.24) is 5.32 Å². The van der Waals surface area contributed by atoms with Gasteiger partial charge in [0.25, 0.3) is 0 Å². The first-order valence-electron chi connectivity index (χ1n) is 6.17. The van der Waals surface area contributed by atoms with Crippen LogP contribution in [0.25, 0.3) is 0 Å². The van der Waals surface area contributed by atoms with Crippen molar-refractivity contribution in [2.75, 3.05) is 25.9 Å². The summed E-state index contributed by atoms with van der Waals surface area (Å²) in [5, 5.41) is 12.3. The highest BCUT2D eigenvalue weighted by Gasteiger charge is 2.27. The molecule has 1 aliphatic rings. The maximum Gasteiger partial charge on any atom is 0.203 e. The fourth-order valence-electron chi connectivity index (χ4n) is 2.48. The lowest BCUT2D eigenvalue weighted by atomic mass is 9.91. The van der Waals surface area contributed by atoms with Gasteiger partial charge in [0, 0.05) is 12.7 Å². The van der Waals surface area contributed by atoms with E-state index in [1.54, 1.807) is 7.05 Å². The van der Waals surface area contributed by atoms with E-state index in [2.05, 4.69) is 5.32 Å². The lowest BCUT2D eigenvalue weighted by Crippen LogP contribution is -2.27. The third-order valence-corrected chi connectivity index (χ3v) is 5.28. The molecule has 16 heavy (non-hydrogen) atoms. The molecule has 2 unspecified atom stereocenters. The molecular formula is C11H24NO3P. The van der Waals surface area contributed by atoms with Crippen LogP contribution in [-0.2, 0) is 4.57 Å². The summed E-state index contributed by atoms with van der Waals surface area (Å²) in [7, 11) is -1.41. The quantitative estimate of drug-likeness (QED) is 0.623. The van der Waals surface area contributed by atoms with Gasteiger partial charge in [0.2, 0.25) is 7.37 Å². The van der Waals surface area contributed by atoms with Gasteiger partial charge >= 0.3 is 0 Å². The van der Waals surface area contributed by atoms with Crippen molar-refractivity contribution in [3.8, 4) is 0 Å². The first-order valence-corrected chi connectivity index (χ1v) is 8.20. The van der Waals surface area contributed by atoms with Crippen LogP contribution in [0.3, 0.4) is 0 Å². The average molecular weight is 249 g/mol. The molecule has 1 aliphatic carbocycles. The number of aliphatic hydroxyl groups is 1. The SMILES string of the molecule is CNCC(O)CP(=O)(O)CC1CCCCC1. The van der Waals surface area contributed by atoms with Crippen LogP contribution in [0, 0.1) is 5.92 Å². The van der Waals surface area contributed by atoms with Gasteiger partial charge in [-0.25, -0.2) is 0 Å². The summed E-state index contributed by atoms with van der Waals surface area (Å²) in [5.41, 5.74) is 0. The molecule has 0 aromatic rings. The molecule has 3 N–H and O–H groups in total. The Balaban J connectivity index is 2.34. The molecule has 0 aromatic heterocycles. The predicted octanol–water partition coefficient (Wildman–Crippen LogP) is 1.42. The summed E-state index contributed by atoms with van der Waals surface area (Å²) in [6.45, 7) is 0.384. The molecule has 0 aliphatic heterocycles. The molecule has 0 aromatic carbocycles. The zero-order valence-electron chi connectivity index (χ0n) is 10.1. The minimum atomic E-state index is -3.14. The summed E-state index contributed by atoms with van der Waals surface area (Å²) in [6.07, 6.45) is 5.50. The Morgan fingerprint density at radius 1 is 1.38 bits per heavy atom. The van der Waals surface area contributed by atoms with Crippen LogP contribution in [0.4, 0.5) is 0 Å². The molecule has 1 rings (SSSR count). The van der Waals surface area contributed by atoms with Gasteiger partial charge in [-0.05, 0) is 25.8 Å². The van der Waals surface area contributed by atoms with Crippen molar-refractivity contribution in [3.63, 3.8) is 0 Å². The first-order chi connectivity index (χ1) is 7.53. The van der Waals surface area contributed by atoms with Crippen molar-refractivity contribution in [3.05, 3.63) is 0 Å². The van der Waals surface area contributed by atoms with Crippen LogP contribution in [0.1, 0.15) is 32.1 Å². The molecular weight excluding hydrogens is 225 g/mol. The minimum absolute atomic E-state index is 0.0321. The fraction of sp³-hybridized carbons (Fsp3) is 1.00. The van der Waals surface area contributed by atoms with Crippen molar-refractivity contribution in [2.24, 2.45) is 5.92 Å². The Labute approximate surface area is 97.9 Å². The number of nitrogens with one attached hydrogen (secondary N) is 1. The maximum atomic E-state index is 11.9. The van der Waals surface area contributed by atoms with E-state index in [-0.39, 0.29) is 6.16 Å². The van der Waals surface area contributed by atoms with Crippen molar-refractivity contribution in [1.29, 1.82) is 0 Å². The topological polar surface area (TPSA) is 69.6 Å². The summed E-state index contributed by atoms with van der Waals surface area (Å²) < 4.78 is 11.9. The van der Waals surface area contributed by atoms with E-state index in [4.69, 9.17) is 0 Å². The van der Waals surface area contributed by atoms with Gasteiger partial charge in [-0.2, -0.15) is 0 Å². The molecule has 96 valence electrons. The predicted molar refractivity (Wildman–Crippen MR) is 66.1 cm³/mol. The van der Waals surface area contributed by atoms with Crippen molar-refractivity contribution < 1.29 is 14.6 Å². The molecule has 2 atom stereocenters. The van der Waals surface area contributed by atoms with Gasteiger partial charge in [-0.1, -0.05) is 19.3 Å². The fourth-order valence-corrected chi connectivity index (χ4v) is 4.59. The second-order valence-corrected chi connectivity index (χ2v) is 7.35. The van der Waals surface area contributed by atoms with Gasteiger partial charge in [-0.15, -0.1) is 0 Å². The van der Waals surface area contributed by atoms with E-state index in [1.165, 1.54) is 19.3 Å². The molecule has 1 saturated carbocycles. The van der Waals surface area contributed by atoms with Gasteiger partial charge < -0.3 is 15.3 Å². The van der Waals surface area contributed by atoms with E-state index in [0.29, 0.717) is 18.6 Å². The van der Waals surface area contributed by atoms with Crippen LogP contribution in [0.15, 0.2) is 0 Å². The Hall–Kier alpha value is 0.110. The zero-order chi connectivity index (χ0) is 12.0. The van der Waals surface area contributed by atoms with Gasteiger partial charge in [0.05, 0.1) is 12.3 Å². The van der Waals surface area contributed by atoms with E-state index in [1.807, 2.05) is 0 Å². The van der Waals surface area contributed by atoms with Crippen LogP contribution in [0.5, 0.6) is 0 Å². The molecule has 4 nitrogen and oxygen atoms in total. The largest absolute Gasteiger partial charge is 0.391 e. The van der Waals surface area contributed by atoms with Crippen molar-refractivity contribution in [2.45, 2.75) is 38.2 Å². The second kappa shape index (κ2) is 6.75. The molecule has 0 radical (unpaired) electrons. The summed E-state index contributed by atoms with van der Waals surface area (Å²) in [4.78, 5) is 9.83. The normalized spacial score (nSPS) is 23.9. The molecule has 0 saturated heterocycles. The standard InChI is InChI=1S/C11H24NO3P/c1-12-7-11(13)9-16(14,15)8-10-5-3-2-4-6-10/h10-13H,2-9H2,1H3,(H,14,15). The molecule has 0 amide bonds. The molecule has 0 spiro atoms. The van der Waals surface area contributed by atoms with Crippen molar-refractivity contribution >= 4 is 7.37 Å². The number of hydrogen-bond donors (Lipinski definition) is 3. The van der Waals surface area contributed by atoms with Crippen LogP contribution >= 0.6 is 7.37 Å². The van der Waals surface area contributed by atoms with Crippen LogP contribution < -0.4 is 5.32 Å². The second-order valence-electron chi connectivity index (χ2n) is 4.93. The summed E-state index contributed by atoms with van der Waals surface area (Å²) in [6, 6.07) is 0. The smallest absolute Gasteiger partial charge is 0.203 e. The van der Waals surface area contributed by atoms with E-state index in [0.717, 1.165) is 12.8 Å². The van der Waals surface area contributed by atoms with Crippen LogP contribution in [-0.4, -0.2) is 42.0 Å². The Morgan fingerprint density at radius 2 is 2.00 bits per heavy atom. The minimum Gasteiger partial charge on any atom is -0.391 e. The molecule has 0 heterocycles. The third kappa shape index (κ3) is 5.44. The molecule has 1 fully saturated rings. The monoisotopic (exact) mass is 249 g/mol. The molecule has 5 heteroatoms. The highest BCUT2D eigenvalue weighted by molar-refractivity contribution is 7.58. The number of aliphatic hydroxyl groups excluding tert-OH is 1. The van der Waals surface area contributed by atoms with Gasteiger partial charge in [0.1, 0.15) is 0 Å². The molecule has 0 bridgehead atoms. The van der Waals surface area contributed by atoms with Gasteiger partial charge in [0.15, 0.2) is 0 Å². The van der Waals surface area contributed by atoms with Gasteiger partial charge in [-0.3, -0.25) is 4.57 Å². The lowest BCUT2D eigenvalue weighted by Gasteiger charge is -2.25. The Kier molecular flexibility index (Phi) is 5.98. The average Bonchev–Trinajstić information content (AvgIpc) is 2.17. The highest BCUT2D eigenvalue weighted by atomic mass is 31.2. The number of hydrogen-bond acceptors (Lipinski definition) is 3. The summed E-state index contributed by atoms with van der Waals surface area (Å²) in [5.74, 6) is 0.395. The Morgan fingerprint density at radius 3 is 2.56 bits per heavy atom. The van der Waals surface area contributed by atoms with E-state index in [9.17, 15) is 14.6 Å². The maximum absolute atomic E-state index is 11.9. The van der Waals surface area contributed by atoms with E-state index >= 15 is 0 Å². The zero-order valence-corrected chi connectivity index (χ0v) is 11.0. The lowest BCUT2D eigenvalue weighted by molar-refractivity contribution is 0.193. The third-order valence-electron chi connectivity index (χ3n) is 3.20. The number of rotatable bonds is 6. The summed E-state index contributed by atoms with van der Waals surface area (Å²) >= 11 is 0. The Bertz CT molecular complexity index is 241. The van der Waals surface area contributed by atoms with Crippen LogP contribution in [0.2, 0.25) is 0 Å².